The predicted octanol–water partition coefficient (Wildman–Crippen LogP) is 0.791. The highest BCUT2D eigenvalue weighted by molar-refractivity contribution is 7.89. The van der Waals surface area contributed by atoms with Crippen LogP contribution in [0.2, 0.25) is 0 Å². The molecule has 0 radical (unpaired) electrons. The second-order valence-corrected chi connectivity index (χ2v) is 6.27. The van der Waals surface area contributed by atoms with Crippen molar-refractivity contribution in [2.24, 2.45) is 5.73 Å². The number of nitro groups is 1. The molecule has 0 saturated carbocycles. The summed E-state index contributed by atoms with van der Waals surface area (Å²) in [5, 5.41) is 10.8. The maximum absolute atomic E-state index is 12.3. The first-order chi connectivity index (χ1) is 8.71. The maximum Gasteiger partial charge on any atom is 0.271 e. The Morgan fingerprint density at radius 1 is 1.37 bits per heavy atom. The van der Waals surface area contributed by atoms with Gasteiger partial charge in [0.1, 0.15) is 0 Å². The molecule has 106 valence electrons. The number of nitrogens with zero attached hydrogens (tertiary/aromatic N) is 2. The van der Waals surface area contributed by atoms with Gasteiger partial charge in [-0.05, 0) is 25.0 Å². The minimum absolute atomic E-state index is 0.0462. The molecule has 0 atom stereocenters. The summed E-state index contributed by atoms with van der Waals surface area (Å²) in [5.74, 6) is 0. The fourth-order valence-electron chi connectivity index (χ4n) is 1.65. The van der Waals surface area contributed by atoms with Gasteiger partial charge >= 0.3 is 0 Å². The molecular weight excluding hydrogens is 270 g/mol. The van der Waals surface area contributed by atoms with Gasteiger partial charge in [-0.15, -0.1) is 0 Å². The van der Waals surface area contributed by atoms with Crippen molar-refractivity contribution in [2.75, 3.05) is 20.1 Å². The fourth-order valence-corrected chi connectivity index (χ4v) is 3.15. The highest BCUT2D eigenvalue weighted by Gasteiger charge is 2.25. The quantitative estimate of drug-likeness (QED) is 0.636. The maximum atomic E-state index is 12.3. The molecule has 1 rings (SSSR count). The van der Waals surface area contributed by atoms with Gasteiger partial charge in [0.25, 0.3) is 5.69 Å². The minimum atomic E-state index is -3.76. The summed E-state index contributed by atoms with van der Waals surface area (Å²) in [4.78, 5) is 10.2. The van der Waals surface area contributed by atoms with E-state index in [1.165, 1.54) is 13.1 Å². The topological polar surface area (TPSA) is 107 Å². The number of hydrogen-bond donors (Lipinski definition) is 1. The van der Waals surface area contributed by atoms with E-state index < -0.39 is 14.9 Å². The zero-order valence-electron chi connectivity index (χ0n) is 11.1. The van der Waals surface area contributed by atoms with Gasteiger partial charge < -0.3 is 5.73 Å². The average molecular weight is 287 g/mol. The number of rotatable bonds is 5. The fraction of sp³-hybridized carbons (Fsp3) is 0.455. The highest BCUT2D eigenvalue weighted by atomic mass is 32.2. The summed E-state index contributed by atoms with van der Waals surface area (Å²) in [6.07, 6.45) is 0. The smallest absolute Gasteiger partial charge is 0.271 e. The van der Waals surface area contributed by atoms with Gasteiger partial charge in [-0.25, -0.2) is 8.42 Å². The lowest BCUT2D eigenvalue weighted by Gasteiger charge is -2.18. The minimum Gasteiger partial charge on any atom is -0.329 e. The Labute approximate surface area is 112 Å². The largest absolute Gasteiger partial charge is 0.329 e. The van der Waals surface area contributed by atoms with Crippen LogP contribution in [0.1, 0.15) is 11.1 Å². The van der Waals surface area contributed by atoms with Crippen LogP contribution < -0.4 is 5.73 Å². The van der Waals surface area contributed by atoms with Gasteiger partial charge in [0.2, 0.25) is 10.0 Å². The molecule has 19 heavy (non-hydrogen) atoms. The Morgan fingerprint density at radius 2 is 1.95 bits per heavy atom. The van der Waals surface area contributed by atoms with Crippen LogP contribution >= 0.6 is 0 Å². The number of benzene rings is 1. The van der Waals surface area contributed by atoms with Gasteiger partial charge in [-0.2, -0.15) is 4.31 Å². The third-order valence-corrected chi connectivity index (χ3v) is 4.93. The van der Waals surface area contributed by atoms with Crippen LogP contribution in [0.3, 0.4) is 0 Å². The molecule has 0 unspecified atom stereocenters. The molecule has 0 amide bonds. The van der Waals surface area contributed by atoms with Crippen molar-refractivity contribution in [1.29, 1.82) is 0 Å². The van der Waals surface area contributed by atoms with Gasteiger partial charge in [0.05, 0.1) is 9.82 Å². The summed E-state index contributed by atoms with van der Waals surface area (Å²) in [6, 6.07) is 2.45. The van der Waals surface area contributed by atoms with E-state index in [-0.39, 0.29) is 23.7 Å². The molecule has 0 saturated heterocycles. The normalized spacial score (nSPS) is 11.8. The molecule has 2 N–H and O–H groups in total. The second-order valence-electron chi connectivity index (χ2n) is 4.26. The summed E-state index contributed by atoms with van der Waals surface area (Å²) in [7, 11) is -2.36. The predicted molar refractivity (Wildman–Crippen MR) is 71.4 cm³/mol. The van der Waals surface area contributed by atoms with Gasteiger partial charge in [0, 0.05) is 32.3 Å². The van der Waals surface area contributed by atoms with E-state index in [0.717, 1.165) is 10.4 Å². The molecule has 8 heteroatoms. The molecule has 0 aliphatic heterocycles. The zero-order chi connectivity index (χ0) is 14.8. The summed E-state index contributed by atoms with van der Waals surface area (Å²) in [6.45, 7) is 3.61. The Kier molecular flexibility index (Phi) is 4.61. The number of hydrogen-bond acceptors (Lipinski definition) is 5. The third kappa shape index (κ3) is 3.09. The van der Waals surface area contributed by atoms with Gasteiger partial charge in [0.15, 0.2) is 0 Å². The molecular formula is C11H17N3O4S. The van der Waals surface area contributed by atoms with Crippen molar-refractivity contribution in [3.8, 4) is 0 Å². The van der Waals surface area contributed by atoms with E-state index in [1.807, 2.05) is 0 Å². The van der Waals surface area contributed by atoms with Gasteiger partial charge in [-0.3, -0.25) is 10.1 Å². The van der Waals surface area contributed by atoms with Crippen LogP contribution in [0.4, 0.5) is 5.69 Å². The Morgan fingerprint density at radius 3 is 2.42 bits per heavy atom. The van der Waals surface area contributed by atoms with Crippen molar-refractivity contribution in [3.05, 3.63) is 33.4 Å². The average Bonchev–Trinajstić information content (AvgIpc) is 2.32. The molecule has 0 heterocycles. The first-order valence-corrected chi connectivity index (χ1v) is 7.08. The summed E-state index contributed by atoms with van der Waals surface area (Å²) < 4.78 is 25.7. The monoisotopic (exact) mass is 287 g/mol. The molecule has 0 aliphatic carbocycles. The lowest BCUT2D eigenvalue weighted by atomic mass is 10.1. The number of sulfonamides is 1. The number of nitrogens with two attached hydrogens (primary N) is 1. The molecule has 1 aromatic rings. The number of nitro benzene ring substituents is 1. The molecule has 0 bridgehead atoms. The van der Waals surface area contributed by atoms with E-state index in [0.29, 0.717) is 11.1 Å². The first-order valence-electron chi connectivity index (χ1n) is 5.64. The Bertz CT molecular complexity index is 598. The van der Waals surface area contributed by atoms with E-state index in [4.69, 9.17) is 5.73 Å². The van der Waals surface area contributed by atoms with Crippen molar-refractivity contribution in [1.82, 2.24) is 4.31 Å². The van der Waals surface area contributed by atoms with E-state index in [9.17, 15) is 18.5 Å². The van der Waals surface area contributed by atoms with Crippen LogP contribution in [-0.2, 0) is 10.0 Å². The van der Waals surface area contributed by atoms with Crippen LogP contribution in [-0.4, -0.2) is 37.8 Å². The number of likely N-dealkylation sites (N-methyl/N-ethyl adjacent to an activating group) is 1. The number of aryl methyl sites for hydroxylation is 1. The van der Waals surface area contributed by atoms with Crippen molar-refractivity contribution >= 4 is 15.7 Å². The summed E-state index contributed by atoms with van der Waals surface area (Å²) in [5.41, 5.74) is 6.18. The highest BCUT2D eigenvalue weighted by Crippen LogP contribution is 2.27. The molecule has 0 aromatic heterocycles. The molecule has 0 spiro atoms. The third-order valence-electron chi connectivity index (χ3n) is 2.95. The van der Waals surface area contributed by atoms with Crippen LogP contribution in [0, 0.1) is 24.0 Å². The van der Waals surface area contributed by atoms with Crippen molar-refractivity contribution < 1.29 is 13.3 Å². The second kappa shape index (κ2) is 5.64. The van der Waals surface area contributed by atoms with Crippen molar-refractivity contribution in [3.63, 3.8) is 0 Å². The van der Waals surface area contributed by atoms with Crippen LogP contribution in [0.25, 0.3) is 0 Å². The van der Waals surface area contributed by atoms with Crippen molar-refractivity contribution in [2.45, 2.75) is 18.7 Å². The van der Waals surface area contributed by atoms with Gasteiger partial charge in [-0.1, -0.05) is 0 Å². The van der Waals surface area contributed by atoms with E-state index in [1.54, 1.807) is 13.8 Å². The Balaban J connectivity index is 3.45. The molecule has 1 aromatic carbocycles. The van der Waals surface area contributed by atoms with Crippen LogP contribution in [0.15, 0.2) is 17.0 Å². The number of non-ortho nitro benzene ring substituents is 1. The molecule has 0 aliphatic rings. The lowest BCUT2D eigenvalue weighted by Crippen LogP contribution is -2.32. The molecule has 0 fully saturated rings. The lowest BCUT2D eigenvalue weighted by molar-refractivity contribution is -0.385. The molecule has 7 nitrogen and oxygen atoms in total. The standard InChI is InChI=1S/C11H17N3O4S/c1-8-6-10(14(15)16)7-11(9(8)2)19(17,18)13(3)5-4-12/h6-7H,4-5,12H2,1-3H3. The first kappa shape index (κ1) is 15.5. The summed E-state index contributed by atoms with van der Waals surface area (Å²) >= 11 is 0. The SMILES string of the molecule is Cc1cc([N+](=O)[O-])cc(S(=O)(=O)N(C)CCN)c1C. The van der Waals surface area contributed by atoms with E-state index in [2.05, 4.69) is 0 Å². The zero-order valence-corrected chi connectivity index (χ0v) is 11.9. The van der Waals surface area contributed by atoms with Crippen LogP contribution in [0.5, 0.6) is 0 Å². The Hall–Kier alpha value is -1.51. The van der Waals surface area contributed by atoms with E-state index >= 15 is 0 Å².